The molecule has 4 amide bonds. The standard InChI is InChI=1S/C17H18ClN5O3S/c1-21-15(24)13-12(19-17(21)26)14(27-20-13)16(25)23-8-6-22(7-9-23)11-5-3-2-4-10(11)18/h2-5,13,20H,6-9H2,1H3,(H,19,26). The molecule has 10 heteroatoms. The van der Waals surface area contributed by atoms with Gasteiger partial charge in [0, 0.05) is 33.2 Å². The van der Waals surface area contributed by atoms with E-state index in [1.54, 1.807) is 4.90 Å². The lowest BCUT2D eigenvalue weighted by atomic mass is 10.1. The Morgan fingerprint density at radius 3 is 2.59 bits per heavy atom. The summed E-state index contributed by atoms with van der Waals surface area (Å²) in [4.78, 5) is 42.3. The quantitative estimate of drug-likeness (QED) is 0.711. The van der Waals surface area contributed by atoms with E-state index in [-0.39, 0.29) is 11.8 Å². The average molecular weight is 408 g/mol. The van der Waals surface area contributed by atoms with Gasteiger partial charge in [-0.1, -0.05) is 23.7 Å². The summed E-state index contributed by atoms with van der Waals surface area (Å²) in [5.41, 5.74) is 1.31. The lowest BCUT2D eigenvalue weighted by Crippen LogP contribution is -2.56. The van der Waals surface area contributed by atoms with Crippen molar-refractivity contribution in [2.45, 2.75) is 6.04 Å². The molecule has 3 aliphatic heterocycles. The van der Waals surface area contributed by atoms with E-state index in [1.165, 1.54) is 7.05 Å². The Kier molecular flexibility index (Phi) is 4.75. The number of nitrogens with one attached hydrogen (secondary N) is 2. The van der Waals surface area contributed by atoms with E-state index in [9.17, 15) is 14.4 Å². The first kappa shape index (κ1) is 18.1. The van der Waals surface area contributed by atoms with Crippen LogP contribution in [0.1, 0.15) is 0 Å². The summed E-state index contributed by atoms with van der Waals surface area (Å²) in [6, 6.07) is 6.42. The van der Waals surface area contributed by atoms with Crippen molar-refractivity contribution in [2.75, 3.05) is 38.1 Å². The van der Waals surface area contributed by atoms with Crippen molar-refractivity contribution in [1.82, 2.24) is 19.8 Å². The highest BCUT2D eigenvalue weighted by molar-refractivity contribution is 8.02. The summed E-state index contributed by atoms with van der Waals surface area (Å²) in [5, 5.41) is 3.35. The second-order valence-electron chi connectivity index (χ2n) is 6.45. The zero-order chi connectivity index (χ0) is 19.1. The molecule has 3 aliphatic rings. The summed E-state index contributed by atoms with van der Waals surface area (Å²) < 4.78 is 2.93. The van der Waals surface area contributed by atoms with Crippen molar-refractivity contribution in [3.05, 3.63) is 39.9 Å². The number of hydrogen-bond acceptors (Lipinski definition) is 6. The van der Waals surface area contributed by atoms with Gasteiger partial charge in [0.25, 0.3) is 11.8 Å². The number of halogens is 1. The van der Waals surface area contributed by atoms with Crippen molar-refractivity contribution >= 4 is 47.1 Å². The van der Waals surface area contributed by atoms with Gasteiger partial charge in [-0.05, 0) is 24.1 Å². The third-order valence-corrected chi connectivity index (χ3v) is 6.16. The normalized spacial score (nSPS) is 22.9. The second kappa shape index (κ2) is 7.06. The SMILES string of the molecule is CN1C(=O)NC2=C(C(=O)N3CCN(c4ccccc4Cl)CC3)SNC2C1=O. The van der Waals surface area contributed by atoms with E-state index < -0.39 is 12.1 Å². The van der Waals surface area contributed by atoms with Crippen molar-refractivity contribution in [1.29, 1.82) is 0 Å². The number of fused-ring (bicyclic) bond motifs is 1. The maximum absolute atomic E-state index is 12.9. The Hall–Kier alpha value is -2.23. The maximum atomic E-state index is 12.9. The molecule has 3 heterocycles. The molecule has 8 nitrogen and oxygen atoms in total. The number of urea groups is 1. The van der Waals surface area contributed by atoms with Gasteiger partial charge in [-0.15, -0.1) is 0 Å². The summed E-state index contributed by atoms with van der Waals surface area (Å²) in [7, 11) is 1.41. The van der Waals surface area contributed by atoms with E-state index in [0.717, 1.165) is 22.5 Å². The third-order valence-electron chi connectivity index (χ3n) is 4.89. The summed E-state index contributed by atoms with van der Waals surface area (Å²) in [6.07, 6.45) is 0. The Morgan fingerprint density at radius 2 is 1.89 bits per heavy atom. The van der Waals surface area contributed by atoms with Crippen LogP contribution in [-0.4, -0.2) is 66.9 Å². The van der Waals surface area contributed by atoms with Gasteiger partial charge in [0.05, 0.1) is 16.4 Å². The fraction of sp³-hybridized carbons (Fsp3) is 0.353. The van der Waals surface area contributed by atoms with Gasteiger partial charge in [0.2, 0.25) is 0 Å². The van der Waals surface area contributed by atoms with Gasteiger partial charge in [-0.2, -0.15) is 0 Å². The van der Waals surface area contributed by atoms with Crippen LogP contribution in [0.3, 0.4) is 0 Å². The predicted molar refractivity (Wildman–Crippen MR) is 103 cm³/mol. The number of hydrogen-bond donors (Lipinski definition) is 2. The van der Waals surface area contributed by atoms with Gasteiger partial charge in [-0.25, -0.2) is 9.52 Å². The summed E-state index contributed by atoms with van der Waals surface area (Å²) >= 11 is 7.36. The van der Waals surface area contributed by atoms with Crippen LogP contribution in [0.5, 0.6) is 0 Å². The number of carbonyl (C=O) groups is 3. The van der Waals surface area contributed by atoms with Crippen LogP contribution in [-0.2, 0) is 9.59 Å². The number of imide groups is 1. The highest BCUT2D eigenvalue weighted by atomic mass is 35.5. The van der Waals surface area contributed by atoms with E-state index in [2.05, 4.69) is 14.9 Å². The number of carbonyl (C=O) groups excluding carboxylic acids is 3. The van der Waals surface area contributed by atoms with Crippen LogP contribution in [0.25, 0.3) is 0 Å². The molecular formula is C17H18ClN5O3S. The molecule has 2 saturated heterocycles. The lowest BCUT2D eigenvalue weighted by molar-refractivity contribution is -0.128. The van der Waals surface area contributed by atoms with Crippen molar-refractivity contribution in [3.63, 3.8) is 0 Å². The molecule has 0 spiro atoms. The molecule has 0 aliphatic carbocycles. The molecule has 0 radical (unpaired) electrons. The first-order chi connectivity index (χ1) is 13.0. The molecule has 27 heavy (non-hydrogen) atoms. The lowest BCUT2D eigenvalue weighted by Gasteiger charge is -2.36. The molecule has 2 fully saturated rings. The fourth-order valence-electron chi connectivity index (χ4n) is 3.32. The van der Waals surface area contributed by atoms with Gasteiger partial charge >= 0.3 is 6.03 Å². The molecule has 1 aromatic rings. The number of rotatable bonds is 2. The van der Waals surface area contributed by atoms with Crippen molar-refractivity contribution in [2.24, 2.45) is 0 Å². The number of nitrogens with zero attached hydrogens (tertiary/aromatic N) is 3. The van der Waals surface area contributed by atoms with Gasteiger partial charge in [0.15, 0.2) is 0 Å². The van der Waals surface area contributed by atoms with E-state index in [1.807, 2.05) is 24.3 Å². The third kappa shape index (κ3) is 3.15. The predicted octanol–water partition coefficient (Wildman–Crippen LogP) is 1.00. The van der Waals surface area contributed by atoms with Crippen molar-refractivity contribution in [3.8, 4) is 0 Å². The number of anilines is 1. The van der Waals surface area contributed by atoms with Crippen LogP contribution in [0.15, 0.2) is 34.9 Å². The topological polar surface area (TPSA) is 85.0 Å². The largest absolute Gasteiger partial charge is 0.367 e. The van der Waals surface area contributed by atoms with E-state index in [0.29, 0.717) is 41.8 Å². The maximum Gasteiger partial charge on any atom is 0.328 e. The van der Waals surface area contributed by atoms with Crippen LogP contribution < -0.4 is 14.9 Å². The average Bonchev–Trinajstić information content (AvgIpc) is 3.10. The Balaban J connectivity index is 1.47. The Bertz CT molecular complexity index is 853. The summed E-state index contributed by atoms with van der Waals surface area (Å²) in [6.45, 7) is 2.39. The fourth-order valence-corrected chi connectivity index (χ4v) is 4.52. The van der Waals surface area contributed by atoms with Crippen molar-refractivity contribution < 1.29 is 14.4 Å². The number of amides is 4. The molecule has 4 rings (SSSR count). The molecular weight excluding hydrogens is 390 g/mol. The second-order valence-corrected chi connectivity index (χ2v) is 7.71. The minimum atomic E-state index is -0.693. The summed E-state index contributed by atoms with van der Waals surface area (Å²) in [5.74, 6) is -0.547. The van der Waals surface area contributed by atoms with Gasteiger partial charge in [-0.3, -0.25) is 14.5 Å². The zero-order valence-electron chi connectivity index (χ0n) is 14.6. The first-order valence-electron chi connectivity index (χ1n) is 8.51. The molecule has 1 unspecified atom stereocenters. The minimum Gasteiger partial charge on any atom is -0.367 e. The first-order valence-corrected chi connectivity index (χ1v) is 9.70. The van der Waals surface area contributed by atoms with Crippen LogP contribution >= 0.6 is 23.5 Å². The van der Waals surface area contributed by atoms with E-state index >= 15 is 0 Å². The number of piperazine rings is 1. The number of likely N-dealkylation sites (N-methyl/N-ethyl adjacent to an activating group) is 1. The molecule has 1 aromatic carbocycles. The molecule has 2 N–H and O–H groups in total. The van der Waals surface area contributed by atoms with Crippen LogP contribution in [0.2, 0.25) is 5.02 Å². The Morgan fingerprint density at radius 1 is 1.19 bits per heavy atom. The van der Waals surface area contributed by atoms with Crippen LogP contribution in [0.4, 0.5) is 10.5 Å². The van der Waals surface area contributed by atoms with Gasteiger partial charge in [0.1, 0.15) is 10.9 Å². The highest BCUT2D eigenvalue weighted by Crippen LogP contribution is 2.32. The monoisotopic (exact) mass is 407 g/mol. The molecule has 142 valence electrons. The Labute approximate surface area is 165 Å². The number of benzene rings is 1. The smallest absolute Gasteiger partial charge is 0.328 e. The highest BCUT2D eigenvalue weighted by Gasteiger charge is 2.43. The van der Waals surface area contributed by atoms with E-state index in [4.69, 9.17) is 11.6 Å². The van der Waals surface area contributed by atoms with Gasteiger partial charge < -0.3 is 15.1 Å². The molecule has 0 aromatic heterocycles. The molecule has 1 atom stereocenters. The zero-order valence-corrected chi connectivity index (χ0v) is 16.1. The number of para-hydroxylation sites is 1. The van der Waals surface area contributed by atoms with Crippen LogP contribution in [0, 0.1) is 0 Å². The minimum absolute atomic E-state index is 0.179. The molecule has 0 saturated carbocycles. The molecule has 0 bridgehead atoms.